The number of para-hydroxylation sites is 1. The Morgan fingerprint density at radius 3 is 2.85 bits per heavy atom. The highest BCUT2D eigenvalue weighted by Gasteiger charge is 2.29. The first kappa shape index (κ1) is 13.6. The van der Waals surface area contributed by atoms with Crippen LogP contribution in [0.15, 0.2) is 24.3 Å². The van der Waals surface area contributed by atoms with E-state index in [-0.39, 0.29) is 6.04 Å². The van der Waals surface area contributed by atoms with Gasteiger partial charge < -0.3 is 5.73 Å². The summed E-state index contributed by atoms with van der Waals surface area (Å²) < 4.78 is 2.09. The number of hydrogen-bond acceptors (Lipinski definition) is 2. The maximum Gasteiger partial charge on any atom is 0.0718 e. The summed E-state index contributed by atoms with van der Waals surface area (Å²) in [6, 6.07) is 8.75. The fourth-order valence-electron chi connectivity index (χ4n) is 3.77. The third-order valence-corrected chi connectivity index (χ3v) is 4.94. The summed E-state index contributed by atoms with van der Waals surface area (Å²) in [6.07, 6.45) is 4.86. The minimum Gasteiger partial charge on any atom is -0.327 e. The maximum absolute atomic E-state index is 6.49. The second kappa shape index (κ2) is 5.57. The van der Waals surface area contributed by atoms with Crippen LogP contribution in [0.5, 0.6) is 0 Å². The second-order valence-corrected chi connectivity index (χ2v) is 6.22. The number of benzene rings is 1. The molecule has 3 rings (SSSR count). The Kier molecular flexibility index (Phi) is 3.79. The van der Waals surface area contributed by atoms with Crippen molar-refractivity contribution in [2.45, 2.75) is 52.1 Å². The second-order valence-electron chi connectivity index (χ2n) is 6.22. The molecule has 0 radical (unpaired) electrons. The summed E-state index contributed by atoms with van der Waals surface area (Å²) in [5.41, 5.74) is 8.90. The Hall–Kier alpha value is -1.35. The van der Waals surface area contributed by atoms with Crippen molar-refractivity contribution < 1.29 is 0 Å². The van der Waals surface area contributed by atoms with Gasteiger partial charge in [-0.05, 0) is 31.2 Å². The summed E-state index contributed by atoms with van der Waals surface area (Å²) in [5.74, 6) is 1.44. The highest BCUT2D eigenvalue weighted by molar-refractivity contribution is 5.82. The molecule has 0 amide bonds. The fourth-order valence-corrected chi connectivity index (χ4v) is 3.77. The Balaban J connectivity index is 1.87. The van der Waals surface area contributed by atoms with Gasteiger partial charge in [-0.1, -0.05) is 38.0 Å². The number of aromatic nitrogens is 2. The van der Waals surface area contributed by atoms with Crippen molar-refractivity contribution in [1.82, 2.24) is 9.78 Å². The monoisotopic (exact) mass is 271 g/mol. The predicted molar refractivity (Wildman–Crippen MR) is 83.6 cm³/mol. The summed E-state index contributed by atoms with van der Waals surface area (Å²) in [7, 11) is 0. The van der Waals surface area contributed by atoms with E-state index in [0.29, 0.717) is 5.92 Å². The van der Waals surface area contributed by atoms with E-state index in [0.717, 1.165) is 18.9 Å². The zero-order valence-electron chi connectivity index (χ0n) is 12.5. The quantitative estimate of drug-likeness (QED) is 0.926. The Morgan fingerprint density at radius 2 is 2.15 bits per heavy atom. The molecule has 1 aromatic carbocycles. The third kappa shape index (κ3) is 2.35. The van der Waals surface area contributed by atoms with Gasteiger partial charge in [0.1, 0.15) is 0 Å². The van der Waals surface area contributed by atoms with Crippen LogP contribution in [0.3, 0.4) is 0 Å². The number of aryl methyl sites for hydroxylation is 1. The van der Waals surface area contributed by atoms with Crippen LogP contribution in [0.2, 0.25) is 0 Å². The number of nitrogens with zero attached hydrogens (tertiary/aromatic N) is 2. The van der Waals surface area contributed by atoms with Crippen LogP contribution in [0.4, 0.5) is 0 Å². The van der Waals surface area contributed by atoms with Gasteiger partial charge in [-0.3, -0.25) is 4.68 Å². The highest BCUT2D eigenvalue weighted by atomic mass is 15.3. The van der Waals surface area contributed by atoms with E-state index in [2.05, 4.69) is 42.8 Å². The van der Waals surface area contributed by atoms with Gasteiger partial charge in [-0.25, -0.2) is 0 Å². The molecule has 20 heavy (non-hydrogen) atoms. The first-order chi connectivity index (χ1) is 9.70. The minimum atomic E-state index is 0.246. The Morgan fingerprint density at radius 1 is 1.35 bits per heavy atom. The standard InChI is InChI=1S/C17H25N3/c1-3-20-17-10-5-4-8-14(17)16(19-20)11-15(18)13-9-6-7-12(13)2/h4-5,8,10,12-13,15H,3,6-7,9,11,18H2,1-2H3. The summed E-state index contributed by atoms with van der Waals surface area (Å²) in [6.45, 7) is 5.40. The number of hydrogen-bond donors (Lipinski definition) is 1. The molecule has 3 unspecified atom stereocenters. The molecule has 2 aromatic rings. The number of fused-ring (bicyclic) bond motifs is 1. The molecule has 0 aliphatic heterocycles. The fraction of sp³-hybridized carbons (Fsp3) is 0.588. The SMILES string of the molecule is CCn1nc(CC(N)C2CCCC2C)c2ccccc21. The van der Waals surface area contributed by atoms with Crippen molar-refractivity contribution in [2.24, 2.45) is 17.6 Å². The van der Waals surface area contributed by atoms with E-state index in [1.165, 1.54) is 35.9 Å². The minimum absolute atomic E-state index is 0.246. The molecule has 1 aliphatic carbocycles. The van der Waals surface area contributed by atoms with Gasteiger partial charge in [0.05, 0.1) is 11.2 Å². The van der Waals surface area contributed by atoms with Crippen molar-refractivity contribution >= 4 is 10.9 Å². The van der Waals surface area contributed by atoms with Crippen LogP contribution in [0.1, 0.15) is 38.8 Å². The van der Waals surface area contributed by atoms with Crippen LogP contribution in [0, 0.1) is 11.8 Å². The molecule has 3 heteroatoms. The van der Waals surface area contributed by atoms with Crippen molar-refractivity contribution in [1.29, 1.82) is 0 Å². The molecule has 0 spiro atoms. The Labute approximate surface area is 121 Å². The lowest BCUT2D eigenvalue weighted by Crippen LogP contribution is -2.34. The van der Waals surface area contributed by atoms with Crippen LogP contribution < -0.4 is 5.73 Å². The molecule has 1 fully saturated rings. The molecule has 0 saturated heterocycles. The molecule has 1 heterocycles. The lowest BCUT2D eigenvalue weighted by Gasteiger charge is -2.22. The lowest BCUT2D eigenvalue weighted by atomic mass is 9.88. The molecule has 1 aromatic heterocycles. The van der Waals surface area contributed by atoms with E-state index in [4.69, 9.17) is 10.8 Å². The number of rotatable bonds is 4. The van der Waals surface area contributed by atoms with Gasteiger partial charge in [0.25, 0.3) is 0 Å². The smallest absolute Gasteiger partial charge is 0.0718 e. The number of nitrogens with two attached hydrogens (primary N) is 1. The molecule has 0 bridgehead atoms. The topological polar surface area (TPSA) is 43.8 Å². The van der Waals surface area contributed by atoms with E-state index in [1.54, 1.807) is 0 Å². The molecule has 108 valence electrons. The average molecular weight is 271 g/mol. The highest BCUT2D eigenvalue weighted by Crippen LogP contribution is 2.34. The first-order valence-electron chi connectivity index (χ1n) is 7.90. The summed E-state index contributed by atoms with van der Waals surface area (Å²) in [5, 5.41) is 6.05. The van der Waals surface area contributed by atoms with Crippen molar-refractivity contribution in [3.63, 3.8) is 0 Å². The van der Waals surface area contributed by atoms with E-state index >= 15 is 0 Å². The molecule has 2 N–H and O–H groups in total. The van der Waals surface area contributed by atoms with Gasteiger partial charge in [-0.2, -0.15) is 5.10 Å². The molecule has 1 saturated carbocycles. The van der Waals surface area contributed by atoms with Gasteiger partial charge in [0.15, 0.2) is 0 Å². The Bertz CT molecular complexity index is 587. The molecular weight excluding hydrogens is 246 g/mol. The maximum atomic E-state index is 6.49. The normalized spacial score (nSPS) is 24.4. The van der Waals surface area contributed by atoms with Gasteiger partial charge in [0.2, 0.25) is 0 Å². The van der Waals surface area contributed by atoms with Crippen LogP contribution >= 0.6 is 0 Å². The van der Waals surface area contributed by atoms with Crippen molar-refractivity contribution in [3.8, 4) is 0 Å². The molecular formula is C17H25N3. The van der Waals surface area contributed by atoms with E-state index < -0.39 is 0 Å². The largest absolute Gasteiger partial charge is 0.327 e. The zero-order valence-corrected chi connectivity index (χ0v) is 12.5. The zero-order chi connectivity index (χ0) is 14.1. The van der Waals surface area contributed by atoms with E-state index in [9.17, 15) is 0 Å². The molecule has 3 nitrogen and oxygen atoms in total. The molecule has 1 aliphatic rings. The van der Waals surface area contributed by atoms with Crippen LogP contribution in [-0.2, 0) is 13.0 Å². The lowest BCUT2D eigenvalue weighted by molar-refractivity contribution is 0.341. The van der Waals surface area contributed by atoms with Gasteiger partial charge >= 0.3 is 0 Å². The van der Waals surface area contributed by atoms with Gasteiger partial charge in [0, 0.05) is 24.4 Å². The van der Waals surface area contributed by atoms with Gasteiger partial charge in [-0.15, -0.1) is 0 Å². The third-order valence-electron chi connectivity index (χ3n) is 4.94. The average Bonchev–Trinajstić information content (AvgIpc) is 3.03. The predicted octanol–water partition coefficient (Wildman–Crippen LogP) is 3.36. The van der Waals surface area contributed by atoms with E-state index in [1.807, 2.05) is 0 Å². The van der Waals surface area contributed by atoms with Crippen molar-refractivity contribution in [3.05, 3.63) is 30.0 Å². The summed E-state index contributed by atoms with van der Waals surface area (Å²) in [4.78, 5) is 0. The first-order valence-corrected chi connectivity index (χ1v) is 7.90. The molecule has 3 atom stereocenters. The summed E-state index contributed by atoms with van der Waals surface area (Å²) >= 11 is 0. The van der Waals surface area contributed by atoms with Crippen LogP contribution in [0.25, 0.3) is 10.9 Å². The van der Waals surface area contributed by atoms with Crippen LogP contribution in [-0.4, -0.2) is 15.8 Å². The van der Waals surface area contributed by atoms with Crippen molar-refractivity contribution in [2.75, 3.05) is 0 Å².